The van der Waals surface area contributed by atoms with Crippen LogP contribution in [0.4, 0.5) is 5.13 Å². The molecule has 0 unspecified atom stereocenters. The predicted molar refractivity (Wildman–Crippen MR) is 82.9 cm³/mol. The maximum absolute atomic E-state index is 5.23. The summed E-state index contributed by atoms with van der Waals surface area (Å²) in [5.74, 6) is 1.56. The zero-order chi connectivity index (χ0) is 13.7. The molecule has 0 amide bonds. The van der Waals surface area contributed by atoms with Crippen LogP contribution in [0, 0.1) is 4.77 Å². The quantitative estimate of drug-likeness (QED) is 0.885. The average molecular weight is 307 g/mol. The third-order valence-electron chi connectivity index (χ3n) is 4.07. The minimum Gasteiger partial charge on any atom is -0.348 e. The summed E-state index contributed by atoms with van der Waals surface area (Å²) in [7, 11) is 1.97. The van der Waals surface area contributed by atoms with E-state index in [1.54, 1.807) is 11.3 Å². The normalized spacial score (nSPS) is 18.9. The number of aromatic nitrogens is 4. The van der Waals surface area contributed by atoms with E-state index in [2.05, 4.69) is 15.1 Å². The summed E-state index contributed by atoms with van der Waals surface area (Å²) in [6.07, 6.45) is 5.07. The van der Waals surface area contributed by atoms with E-state index >= 15 is 0 Å². The predicted octanol–water partition coefficient (Wildman–Crippen LogP) is 3.08. The number of aromatic amines is 1. The molecule has 1 aliphatic carbocycles. The van der Waals surface area contributed by atoms with Gasteiger partial charge in [-0.15, -0.1) is 0 Å². The Hall–Kier alpha value is -1.21. The fourth-order valence-electron chi connectivity index (χ4n) is 2.71. The lowest BCUT2D eigenvalue weighted by Gasteiger charge is -2.12. The fraction of sp³-hybridized carbons (Fsp3) is 0.615. The number of anilines is 1. The van der Waals surface area contributed by atoms with Gasteiger partial charge in [0.25, 0.3) is 0 Å². The summed E-state index contributed by atoms with van der Waals surface area (Å²) >= 11 is 7.00. The molecule has 4 rings (SSSR count). The minimum atomic E-state index is 0.628. The van der Waals surface area contributed by atoms with E-state index in [-0.39, 0.29) is 0 Å². The molecule has 0 bridgehead atoms. The van der Waals surface area contributed by atoms with Gasteiger partial charge in [-0.3, -0.25) is 5.10 Å². The Kier molecular flexibility index (Phi) is 2.92. The number of thiazole rings is 1. The second kappa shape index (κ2) is 4.66. The van der Waals surface area contributed by atoms with Gasteiger partial charge in [0.15, 0.2) is 15.7 Å². The maximum Gasteiger partial charge on any atom is 0.195 e. The highest BCUT2D eigenvalue weighted by Gasteiger charge is 2.32. The van der Waals surface area contributed by atoms with E-state index in [1.807, 2.05) is 11.6 Å². The molecule has 5 nitrogen and oxygen atoms in total. The lowest BCUT2D eigenvalue weighted by molar-refractivity contribution is 0.898. The van der Waals surface area contributed by atoms with Gasteiger partial charge < -0.3 is 9.47 Å². The molecule has 20 heavy (non-hydrogen) atoms. The molecule has 7 heteroatoms. The van der Waals surface area contributed by atoms with Crippen LogP contribution in [0.25, 0.3) is 10.7 Å². The first-order valence-electron chi connectivity index (χ1n) is 7.11. The number of rotatable bonds is 3. The zero-order valence-electron chi connectivity index (χ0n) is 11.4. The molecule has 1 saturated heterocycles. The third-order valence-corrected chi connectivity index (χ3v) is 5.56. The van der Waals surface area contributed by atoms with Crippen molar-refractivity contribution in [1.82, 2.24) is 19.7 Å². The summed E-state index contributed by atoms with van der Waals surface area (Å²) in [5, 5.41) is 8.44. The van der Waals surface area contributed by atoms with Gasteiger partial charge in [-0.1, -0.05) is 11.3 Å². The number of nitrogens with one attached hydrogen (secondary N) is 1. The van der Waals surface area contributed by atoms with Gasteiger partial charge >= 0.3 is 0 Å². The summed E-state index contributed by atoms with van der Waals surface area (Å²) < 4.78 is 2.61. The molecule has 1 saturated carbocycles. The molecule has 0 aromatic carbocycles. The number of H-pyrrole nitrogens is 1. The van der Waals surface area contributed by atoms with E-state index in [9.17, 15) is 0 Å². The Morgan fingerprint density at radius 2 is 2.05 bits per heavy atom. The maximum atomic E-state index is 5.23. The summed E-state index contributed by atoms with van der Waals surface area (Å²) in [6, 6.07) is 0. The van der Waals surface area contributed by atoms with Crippen LogP contribution in [0.15, 0.2) is 0 Å². The van der Waals surface area contributed by atoms with Crippen molar-refractivity contribution in [2.75, 3.05) is 18.0 Å². The molecule has 2 aromatic heterocycles. The van der Waals surface area contributed by atoms with Crippen molar-refractivity contribution in [2.24, 2.45) is 7.05 Å². The molecule has 0 radical (unpaired) electrons. The topological polar surface area (TPSA) is 49.7 Å². The van der Waals surface area contributed by atoms with Crippen LogP contribution in [-0.2, 0) is 7.05 Å². The Morgan fingerprint density at radius 1 is 1.30 bits per heavy atom. The highest BCUT2D eigenvalue weighted by Crippen LogP contribution is 2.47. The van der Waals surface area contributed by atoms with Crippen molar-refractivity contribution < 1.29 is 0 Å². The third kappa shape index (κ3) is 2.00. The van der Waals surface area contributed by atoms with Gasteiger partial charge in [0.2, 0.25) is 0 Å². The van der Waals surface area contributed by atoms with E-state index in [0.717, 1.165) is 24.0 Å². The first-order chi connectivity index (χ1) is 9.74. The molecule has 2 aromatic rings. The minimum absolute atomic E-state index is 0.628. The van der Waals surface area contributed by atoms with Crippen LogP contribution < -0.4 is 4.90 Å². The molecule has 0 spiro atoms. The average Bonchev–Trinajstić information content (AvgIpc) is 2.88. The van der Waals surface area contributed by atoms with Crippen molar-refractivity contribution >= 4 is 28.7 Å². The Labute approximate surface area is 126 Å². The monoisotopic (exact) mass is 307 g/mol. The Morgan fingerprint density at radius 3 is 2.65 bits per heavy atom. The first kappa shape index (κ1) is 12.5. The van der Waals surface area contributed by atoms with Gasteiger partial charge in [-0.25, -0.2) is 4.98 Å². The van der Waals surface area contributed by atoms with Gasteiger partial charge in [0.05, 0.1) is 10.6 Å². The highest BCUT2D eigenvalue weighted by molar-refractivity contribution is 7.71. The van der Waals surface area contributed by atoms with Gasteiger partial charge in [-0.2, -0.15) is 5.10 Å². The molecular formula is C13H17N5S2. The zero-order valence-corrected chi connectivity index (χ0v) is 13.1. The van der Waals surface area contributed by atoms with Crippen LogP contribution in [0.2, 0.25) is 0 Å². The lowest BCUT2D eigenvalue weighted by Crippen LogP contribution is -2.17. The molecule has 106 valence electrons. The molecule has 1 N–H and O–H groups in total. The van der Waals surface area contributed by atoms with Crippen LogP contribution in [0.5, 0.6) is 0 Å². The molecule has 0 atom stereocenters. The van der Waals surface area contributed by atoms with Gasteiger partial charge in [0, 0.05) is 26.1 Å². The van der Waals surface area contributed by atoms with Gasteiger partial charge in [-0.05, 0) is 37.9 Å². The summed E-state index contributed by atoms with van der Waals surface area (Å²) in [4.78, 5) is 8.53. The second-order valence-electron chi connectivity index (χ2n) is 5.59. The van der Waals surface area contributed by atoms with Crippen molar-refractivity contribution in [3.63, 3.8) is 0 Å². The summed E-state index contributed by atoms with van der Waals surface area (Å²) in [5.41, 5.74) is 1.23. The molecular weight excluding hydrogens is 290 g/mol. The number of hydrogen-bond donors (Lipinski definition) is 1. The molecule has 1 aliphatic heterocycles. The van der Waals surface area contributed by atoms with Crippen molar-refractivity contribution in [1.29, 1.82) is 0 Å². The molecule has 3 heterocycles. The first-order valence-corrected chi connectivity index (χ1v) is 8.34. The van der Waals surface area contributed by atoms with E-state index in [1.165, 1.54) is 36.3 Å². The van der Waals surface area contributed by atoms with Crippen molar-refractivity contribution in [3.05, 3.63) is 10.5 Å². The van der Waals surface area contributed by atoms with Crippen LogP contribution >= 0.6 is 23.6 Å². The van der Waals surface area contributed by atoms with Crippen LogP contribution in [0.3, 0.4) is 0 Å². The van der Waals surface area contributed by atoms with E-state index in [4.69, 9.17) is 17.2 Å². The van der Waals surface area contributed by atoms with E-state index in [0.29, 0.717) is 10.7 Å². The smallest absolute Gasteiger partial charge is 0.195 e. The van der Waals surface area contributed by atoms with E-state index < -0.39 is 0 Å². The second-order valence-corrected chi connectivity index (χ2v) is 6.95. The lowest BCUT2D eigenvalue weighted by atomic mass is 10.2. The van der Waals surface area contributed by atoms with Crippen molar-refractivity contribution in [2.45, 2.75) is 31.6 Å². The fourth-order valence-corrected chi connectivity index (χ4v) is 4.07. The SMILES string of the molecule is Cn1c(-c2sc(N3CCCC3)nc2C2CC2)n[nH]c1=S. The molecule has 2 fully saturated rings. The Bertz CT molecular complexity index is 688. The number of nitrogens with zero attached hydrogens (tertiary/aromatic N) is 4. The largest absolute Gasteiger partial charge is 0.348 e. The standard InChI is InChI=1S/C13H17N5S2/c1-17-11(15-16-12(17)19)10-9(8-4-5-8)14-13(20-10)18-6-2-3-7-18/h8H,2-7H2,1H3,(H,16,19). The summed E-state index contributed by atoms with van der Waals surface area (Å²) in [6.45, 7) is 2.27. The van der Waals surface area contributed by atoms with Crippen molar-refractivity contribution in [3.8, 4) is 10.7 Å². The van der Waals surface area contributed by atoms with Gasteiger partial charge in [0.1, 0.15) is 0 Å². The Balaban J connectivity index is 1.80. The van der Waals surface area contributed by atoms with Crippen LogP contribution in [0.1, 0.15) is 37.3 Å². The molecule has 2 aliphatic rings. The van der Waals surface area contributed by atoms with Crippen LogP contribution in [-0.4, -0.2) is 32.8 Å². The highest BCUT2D eigenvalue weighted by atomic mass is 32.1. The number of hydrogen-bond acceptors (Lipinski definition) is 5.